The van der Waals surface area contributed by atoms with E-state index in [4.69, 9.17) is 9.47 Å². The van der Waals surface area contributed by atoms with E-state index in [1.165, 1.54) is 4.90 Å². The van der Waals surface area contributed by atoms with Gasteiger partial charge in [0.05, 0.1) is 24.3 Å². The number of benzene rings is 3. The number of ketones is 1. The predicted molar refractivity (Wildman–Crippen MR) is 136 cm³/mol. The molecule has 1 aliphatic rings. The smallest absolute Gasteiger partial charge is 0.300 e. The van der Waals surface area contributed by atoms with Crippen molar-refractivity contribution >= 4 is 23.1 Å². The van der Waals surface area contributed by atoms with Gasteiger partial charge in [0.1, 0.15) is 17.3 Å². The van der Waals surface area contributed by atoms with Crippen LogP contribution in [-0.2, 0) is 9.59 Å². The van der Waals surface area contributed by atoms with E-state index >= 15 is 0 Å². The number of ether oxygens (including phenoxy) is 2. The van der Waals surface area contributed by atoms with E-state index in [1.54, 1.807) is 36.4 Å². The Balaban J connectivity index is 1.88. The van der Waals surface area contributed by atoms with E-state index in [1.807, 2.05) is 64.1 Å². The summed E-state index contributed by atoms with van der Waals surface area (Å²) in [5.41, 5.74) is 2.65. The summed E-state index contributed by atoms with van der Waals surface area (Å²) in [5.74, 6) is -0.392. The molecule has 6 heteroatoms. The molecule has 1 saturated heterocycles. The highest BCUT2D eigenvalue weighted by Crippen LogP contribution is 2.43. The fourth-order valence-electron chi connectivity index (χ4n) is 4.25. The van der Waals surface area contributed by atoms with E-state index in [9.17, 15) is 14.7 Å². The van der Waals surface area contributed by atoms with E-state index in [0.29, 0.717) is 34.9 Å². The molecule has 1 aliphatic heterocycles. The Morgan fingerprint density at radius 1 is 0.971 bits per heavy atom. The first kappa shape index (κ1) is 24.1. The quantitative estimate of drug-likeness (QED) is 0.267. The van der Waals surface area contributed by atoms with Crippen molar-refractivity contribution in [2.75, 3.05) is 11.5 Å². The van der Waals surface area contributed by atoms with Crippen LogP contribution in [0.1, 0.15) is 43.5 Å². The molecule has 0 bridgehead atoms. The highest BCUT2D eigenvalue weighted by atomic mass is 16.5. The molecule has 0 aliphatic carbocycles. The van der Waals surface area contributed by atoms with E-state index in [2.05, 4.69) is 0 Å². The highest BCUT2D eigenvalue weighted by molar-refractivity contribution is 6.51. The average molecular weight is 472 g/mol. The fourth-order valence-corrected chi connectivity index (χ4v) is 4.25. The lowest BCUT2D eigenvalue weighted by atomic mass is 9.95. The first-order valence-electron chi connectivity index (χ1n) is 11.7. The highest BCUT2D eigenvalue weighted by Gasteiger charge is 2.47. The Labute approximate surface area is 205 Å². The van der Waals surface area contributed by atoms with E-state index < -0.39 is 17.7 Å². The van der Waals surface area contributed by atoms with Gasteiger partial charge in [0.15, 0.2) is 0 Å². The summed E-state index contributed by atoms with van der Waals surface area (Å²) in [7, 11) is 0. The number of hydrogen-bond donors (Lipinski definition) is 1. The van der Waals surface area contributed by atoms with Crippen LogP contribution in [0.5, 0.6) is 11.5 Å². The van der Waals surface area contributed by atoms with Crippen LogP contribution in [-0.4, -0.2) is 29.5 Å². The number of Topliss-reactive ketones (excluding diaryl/α,β-unsaturated/α-hetero) is 1. The van der Waals surface area contributed by atoms with Gasteiger partial charge in [-0.1, -0.05) is 24.3 Å². The Morgan fingerprint density at radius 3 is 2.34 bits per heavy atom. The lowest BCUT2D eigenvalue weighted by Gasteiger charge is -2.26. The normalized spacial score (nSPS) is 17.2. The van der Waals surface area contributed by atoms with Crippen LogP contribution in [0.3, 0.4) is 0 Å². The second-order valence-electron chi connectivity index (χ2n) is 8.70. The number of amides is 1. The van der Waals surface area contributed by atoms with E-state index in [-0.39, 0.29) is 17.4 Å². The average Bonchev–Trinajstić information content (AvgIpc) is 3.09. The maximum absolute atomic E-state index is 13.3. The monoisotopic (exact) mass is 471 g/mol. The summed E-state index contributed by atoms with van der Waals surface area (Å²) in [5, 5.41) is 11.3. The molecule has 180 valence electrons. The summed E-state index contributed by atoms with van der Waals surface area (Å²) in [4.78, 5) is 28.1. The number of carbonyl (C=O) groups excluding carboxylic acids is 2. The van der Waals surface area contributed by atoms with Crippen LogP contribution in [0, 0.1) is 6.92 Å². The number of aliphatic hydroxyl groups is 1. The van der Waals surface area contributed by atoms with Crippen molar-refractivity contribution in [2.24, 2.45) is 0 Å². The second-order valence-corrected chi connectivity index (χ2v) is 8.70. The van der Waals surface area contributed by atoms with Gasteiger partial charge in [0.25, 0.3) is 11.7 Å². The van der Waals surface area contributed by atoms with Crippen molar-refractivity contribution in [3.8, 4) is 11.5 Å². The molecule has 1 unspecified atom stereocenters. The molecule has 1 heterocycles. The molecule has 4 rings (SSSR count). The Kier molecular flexibility index (Phi) is 6.92. The predicted octanol–water partition coefficient (Wildman–Crippen LogP) is 5.81. The molecule has 1 amide bonds. The zero-order valence-electron chi connectivity index (χ0n) is 20.3. The standard InChI is InChI=1S/C29H29NO5/c1-5-34-24-11-7-9-21(17-24)26-25(27(31)20-12-14-23(15-13-20)35-18(2)3)28(32)29(33)30(26)22-10-6-8-19(4)16-22/h6-18,26,31H,5H2,1-4H3/b27-25+. The number of aryl methyl sites for hydroxylation is 1. The summed E-state index contributed by atoms with van der Waals surface area (Å²) in [6.45, 7) is 8.14. The third-order valence-corrected chi connectivity index (χ3v) is 5.71. The maximum atomic E-state index is 13.3. The molecule has 35 heavy (non-hydrogen) atoms. The minimum absolute atomic E-state index is 0.00622. The van der Waals surface area contributed by atoms with Crippen LogP contribution >= 0.6 is 0 Å². The first-order valence-corrected chi connectivity index (χ1v) is 11.7. The lowest BCUT2D eigenvalue weighted by molar-refractivity contribution is -0.132. The summed E-state index contributed by atoms with van der Waals surface area (Å²) in [6.07, 6.45) is 0.00622. The number of aliphatic hydroxyl groups excluding tert-OH is 1. The minimum atomic E-state index is -0.816. The van der Waals surface area contributed by atoms with Crippen LogP contribution < -0.4 is 14.4 Å². The third kappa shape index (κ3) is 4.92. The molecular formula is C29H29NO5. The molecule has 1 atom stereocenters. The van der Waals surface area contributed by atoms with Crippen LogP contribution in [0.4, 0.5) is 5.69 Å². The molecular weight excluding hydrogens is 442 g/mol. The number of nitrogens with zero attached hydrogens (tertiary/aromatic N) is 1. The molecule has 0 spiro atoms. The van der Waals surface area contributed by atoms with Gasteiger partial charge in [-0.3, -0.25) is 14.5 Å². The van der Waals surface area contributed by atoms with Crippen molar-refractivity contribution < 1.29 is 24.2 Å². The van der Waals surface area contributed by atoms with Crippen molar-refractivity contribution in [2.45, 2.75) is 39.8 Å². The van der Waals surface area contributed by atoms with Crippen molar-refractivity contribution in [1.29, 1.82) is 0 Å². The number of carbonyl (C=O) groups is 2. The molecule has 0 radical (unpaired) electrons. The molecule has 3 aromatic carbocycles. The van der Waals surface area contributed by atoms with Crippen molar-refractivity contribution in [1.82, 2.24) is 0 Å². The largest absolute Gasteiger partial charge is 0.507 e. The van der Waals surface area contributed by atoms with Gasteiger partial charge in [-0.25, -0.2) is 0 Å². The summed E-state index contributed by atoms with van der Waals surface area (Å²) < 4.78 is 11.3. The topological polar surface area (TPSA) is 76.1 Å². The van der Waals surface area contributed by atoms with Gasteiger partial charge in [-0.15, -0.1) is 0 Å². The summed E-state index contributed by atoms with van der Waals surface area (Å²) in [6, 6.07) is 20.7. The number of rotatable bonds is 7. The fraction of sp³-hybridized carbons (Fsp3) is 0.241. The number of anilines is 1. The van der Waals surface area contributed by atoms with Gasteiger partial charge in [0, 0.05) is 11.3 Å². The molecule has 1 N–H and O–H groups in total. The maximum Gasteiger partial charge on any atom is 0.300 e. The third-order valence-electron chi connectivity index (χ3n) is 5.71. The molecule has 0 saturated carbocycles. The number of hydrogen-bond acceptors (Lipinski definition) is 5. The Hall–Kier alpha value is -4.06. The Morgan fingerprint density at radius 2 is 1.69 bits per heavy atom. The second kappa shape index (κ2) is 10.1. The van der Waals surface area contributed by atoms with Gasteiger partial charge in [-0.2, -0.15) is 0 Å². The van der Waals surface area contributed by atoms with Gasteiger partial charge < -0.3 is 14.6 Å². The van der Waals surface area contributed by atoms with Crippen LogP contribution in [0.2, 0.25) is 0 Å². The molecule has 3 aromatic rings. The zero-order chi connectivity index (χ0) is 25.1. The zero-order valence-corrected chi connectivity index (χ0v) is 20.3. The Bertz CT molecular complexity index is 1280. The van der Waals surface area contributed by atoms with E-state index in [0.717, 1.165) is 5.56 Å². The van der Waals surface area contributed by atoms with Crippen LogP contribution in [0.25, 0.3) is 5.76 Å². The van der Waals surface area contributed by atoms with Gasteiger partial charge >= 0.3 is 0 Å². The minimum Gasteiger partial charge on any atom is -0.507 e. The van der Waals surface area contributed by atoms with Crippen molar-refractivity contribution in [3.63, 3.8) is 0 Å². The molecule has 6 nitrogen and oxygen atoms in total. The molecule has 1 fully saturated rings. The molecule has 0 aromatic heterocycles. The van der Waals surface area contributed by atoms with Crippen LogP contribution in [0.15, 0.2) is 78.4 Å². The van der Waals surface area contributed by atoms with Crippen molar-refractivity contribution in [3.05, 3.63) is 95.1 Å². The lowest BCUT2D eigenvalue weighted by Crippen LogP contribution is -2.29. The van der Waals surface area contributed by atoms with Gasteiger partial charge in [0.2, 0.25) is 0 Å². The SMILES string of the molecule is CCOc1cccc(C2/C(=C(\O)c3ccc(OC(C)C)cc3)C(=O)C(=O)N2c2cccc(C)c2)c1. The van der Waals surface area contributed by atoms with Gasteiger partial charge in [-0.05, 0) is 87.4 Å². The first-order chi connectivity index (χ1) is 16.8. The summed E-state index contributed by atoms with van der Waals surface area (Å²) >= 11 is 0.